The normalized spacial score (nSPS) is 16.8. The van der Waals surface area contributed by atoms with Crippen LogP contribution in [0.2, 0.25) is 5.02 Å². The van der Waals surface area contributed by atoms with E-state index < -0.39 is 0 Å². The van der Waals surface area contributed by atoms with Gasteiger partial charge in [0, 0.05) is 24.7 Å². The molecule has 0 unspecified atom stereocenters. The average Bonchev–Trinajstić information content (AvgIpc) is 3.14. The van der Waals surface area contributed by atoms with Crippen molar-refractivity contribution in [3.05, 3.63) is 58.6 Å². The van der Waals surface area contributed by atoms with Crippen LogP contribution in [0.3, 0.4) is 0 Å². The van der Waals surface area contributed by atoms with E-state index in [2.05, 4.69) is 11.4 Å². The molecule has 0 radical (unpaired) electrons. The Labute approximate surface area is 154 Å². The molecule has 0 aromatic heterocycles. The fourth-order valence-electron chi connectivity index (χ4n) is 2.91. The molecule has 1 fully saturated rings. The van der Waals surface area contributed by atoms with Crippen LogP contribution >= 0.6 is 11.6 Å². The molecule has 1 aliphatic heterocycles. The first-order valence-corrected chi connectivity index (χ1v) is 8.99. The second-order valence-electron chi connectivity index (χ2n) is 6.17. The van der Waals surface area contributed by atoms with E-state index in [0.29, 0.717) is 17.7 Å². The van der Waals surface area contributed by atoms with Gasteiger partial charge in [0.2, 0.25) is 0 Å². The molecule has 5 heteroatoms. The number of halogens is 1. The molecule has 3 rings (SSSR count). The highest BCUT2D eigenvalue weighted by atomic mass is 35.5. The molecular weight excluding hydrogens is 338 g/mol. The molecule has 25 heavy (non-hydrogen) atoms. The van der Waals surface area contributed by atoms with Crippen molar-refractivity contribution in [2.45, 2.75) is 32.1 Å². The largest absolute Gasteiger partial charge is 0.493 e. The zero-order valence-corrected chi connectivity index (χ0v) is 15.2. The monoisotopic (exact) mass is 361 g/mol. The third-order valence-corrected chi connectivity index (χ3v) is 4.47. The molecule has 2 aromatic rings. The van der Waals surface area contributed by atoms with Crippen molar-refractivity contribution < 1.29 is 14.2 Å². The van der Waals surface area contributed by atoms with Crippen molar-refractivity contribution in [1.29, 1.82) is 0 Å². The number of methoxy groups -OCH3 is 1. The summed E-state index contributed by atoms with van der Waals surface area (Å²) in [5.41, 5.74) is 2.18. The van der Waals surface area contributed by atoms with E-state index in [1.165, 1.54) is 6.42 Å². The van der Waals surface area contributed by atoms with Gasteiger partial charge in [0.15, 0.2) is 11.5 Å². The van der Waals surface area contributed by atoms with Crippen LogP contribution < -0.4 is 14.8 Å². The van der Waals surface area contributed by atoms with Crippen LogP contribution in [0.4, 0.5) is 0 Å². The fourth-order valence-corrected chi connectivity index (χ4v) is 3.12. The van der Waals surface area contributed by atoms with Gasteiger partial charge >= 0.3 is 0 Å². The van der Waals surface area contributed by atoms with Gasteiger partial charge in [-0.1, -0.05) is 29.8 Å². The van der Waals surface area contributed by atoms with Gasteiger partial charge < -0.3 is 19.5 Å². The van der Waals surface area contributed by atoms with Gasteiger partial charge in [-0.15, -0.1) is 0 Å². The first-order valence-electron chi connectivity index (χ1n) is 8.61. The van der Waals surface area contributed by atoms with E-state index in [1.54, 1.807) is 7.11 Å². The molecule has 1 heterocycles. The number of nitrogens with one attached hydrogen (secondary N) is 1. The smallest absolute Gasteiger partial charge is 0.161 e. The summed E-state index contributed by atoms with van der Waals surface area (Å²) in [6.45, 7) is 3.01. The summed E-state index contributed by atoms with van der Waals surface area (Å²) in [6, 6.07) is 13.7. The van der Waals surface area contributed by atoms with Crippen LogP contribution in [0.25, 0.3) is 0 Å². The van der Waals surface area contributed by atoms with Crippen LogP contribution in [-0.4, -0.2) is 26.4 Å². The molecule has 0 amide bonds. The second kappa shape index (κ2) is 9.09. The summed E-state index contributed by atoms with van der Waals surface area (Å²) < 4.78 is 17.0. The van der Waals surface area contributed by atoms with Gasteiger partial charge in [-0.05, 0) is 48.2 Å². The van der Waals surface area contributed by atoms with Gasteiger partial charge in [-0.25, -0.2) is 0 Å². The van der Waals surface area contributed by atoms with Crippen LogP contribution in [-0.2, 0) is 17.9 Å². The maximum absolute atomic E-state index is 6.01. The molecule has 1 aliphatic rings. The molecular formula is C20H24ClNO3. The first kappa shape index (κ1) is 18.1. The second-order valence-corrected chi connectivity index (χ2v) is 6.61. The van der Waals surface area contributed by atoms with E-state index >= 15 is 0 Å². The summed E-state index contributed by atoms with van der Waals surface area (Å²) in [5.74, 6) is 1.46. The Morgan fingerprint density at radius 2 is 2.08 bits per heavy atom. The summed E-state index contributed by atoms with van der Waals surface area (Å²) in [5, 5.41) is 4.15. The van der Waals surface area contributed by atoms with Gasteiger partial charge in [0.25, 0.3) is 0 Å². The predicted octanol–water partition coefficient (Wildman–Crippen LogP) is 4.20. The highest BCUT2D eigenvalue weighted by Gasteiger charge is 2.14. The van der Waals surface area contributed by atoms with Crippen molar-refractivity contribution in [3.63, 3.8) is 0 Å². The first-order chi connectivity index (χ1) is 12.2. The van der Waals surface area contributed by atoms with Crippen LogP contribution in [0.5, 0.6) is 11.5 Å². The van der Waals surface area contributed by atoms with E-state index in [4.69, 9.17) is 25.8 Å². The number of rotatable bonds is 8. The summed E-state index contributed by atoms with van der Waals surface area (Å²) in [6.07, 6.45) is 2.66. The molecule has 0 aliphatic carbocycles. The topological polar surface area (TPSA) is 39.7 Å². The molecule has 0 saturated carbocycles. The lowest BCUT2D eigenvalue weighted by Gasteiger charge is -2.14. The lowest BCUT2D eigenvalue weighted by atomic mass is 10.2. The van der Waals surface area contributed by atoms with E-state index in [9.17, 15) is 0 Å². The highest BCUT2D eigenvalue weighted by molar-refractivity contribution is 6.30. The lowest BCUT2D eigenvalue weighted by Crippen LogP contribution is -2.25. The minimum absolute atomic E-state index is 0.349. The molecule has 0 spiro atoms. The van der Waals surface area contributed by atoms with Crippen molar-refractivity contribution >= 4 is 11.6 Å². The van der Waals surface area contributed by atoms with E-state index in [1.807, 2.05) is 36.4 Å². The van der Waals surface area contributed by atoms with Gasteiger partial charge in [0.1, 0.15) is 6.61 Å². The Kier molecular flexibility index (Phi) is 6.56. The standard InChI is InChI=1S/C20H24ClNO3/c1-23-20-11-15(12-22-13-18-6-3-9-24-18)7-8-19(20)25-14-16-4-2-5-17(21)10-16/h2,4-5,7-8,10-11,18,22H,3,6,9,12-14H2,1H3/t18-/m0/s1. The Morgan fingerprint density at radius 1 is 1.16 bits per heavy atom. The SMILES string of the molecule is COc1cc(CNC[C@@H]2CCCO2)ccc1OCc1cccc(Cl)c1. The van der Waals surface area contributed by atoms with E-state index in [-0.39, 0.29) is 0 Å². The molecule has 1 saturated heterocycles. The fraction of sp³-hybridized carbons (Fsp3) is 0.400. The van der Waals surface area contributed by atoms with E-state index in [0.717, 1.165) is 48.7 Å². The summed E-state index contributed by atoms with van der Waals surface area (Å²) in [4.78, 5) is 0. The Bertz CT molecular complexity index is 686. The number of benzene rings is 2. The quantitative estimate of drug-likeness (QED) is 0.765. The Morgan fingerprint density at radius 3 is 2.84 bits per heavy atom. The van der Waals surface area contributed by atoms with Crippen LogP contribution in [0.1, 0.15) is 24.0 Å². The number of hydrogen-bond donors (Lipinski definition) is 1. The third kappa shape index (κ3) is 5.36. The van der Waals surface area contributed by atoms with Gasteiger partial charge in [0.05, 0.1) is 13.2 Å². The lowest BCUT2D eigenvalue weighted by molar-refractivity contribution is 0.110. The maximum atomic E-state index is 6.01. The number of ether oxygens (including phenoxy) is 3. The van der Waals surface area contributed by atoms with Crippen LogP contribution in [0, 0.1) is 0 Å². The van der Waals surface area contributed by atoms with Crippen molar-refractivity contribution in [2.75, 3.05) is 20.3 Å². The molecule has 134 valence electrons. The number of hydrogen-bond acceptors (Lipinski definition) is 4. The van der Waals surface area contributed by atoms with Gasteiger partial charge in [-0.2, -0.15) is 0 Å². The molecule has 0 bridgehead atoms. The predicted molar refractivity (Wildman–Crippen MR) is 99.5 cm³/mol. The summed E-state index contributed by atoms with van der Waals surface area (Å²) >= 11 is 6.01. The van der Waals surface area contributed by atoms with Gasteiger partial charge in [-0.3, -0.25) is 0 Å². The maximum Gasteiger partial charge on any atom is 0.161 e. The minimum Gasteiger partial charge on any atom is -0.493 e. The average molecular weight is 362 g/mol. The molecule has 1 atom stereocenters. The molecule has 2 aromatic carbocycles. The summed E-state index contributed by atoms with van der Waals surface area (Å²) in [7, 11) is 1.66. The van der Waals surface area contributed by atoms with Crippen molar-refractivity contribution in [2.24, 2.45) is 0 Å². The minimum atomic E-state index is 0.349. The Hall–Kier alpha value is -1.75. The highest BCUT2D eigenvalue weighted by Crippen LogP contribution is 2.29. The zero-order valence-electron chi connectivity index (χ0n) is 14.5. The Balaban J connectivity index is 1.55. The van der Waals surface area contributed by atoms with Crippen molar-refractivity contribution in [1.82, 2.24) is 5.32 Å². The zero-order chi connectivity index (χ0) is 17.5. The van der Waals surface area contributed by atoms with Crippen molar-refractivity contribution in [3.8, 4) is 11.5 Å². The third-order valence-electron chi connectivity index (χ3n) is 4.24. The van der Waals surface area contributed by atoms with Crippen LogP contribution in [0.15, 0.2) is 42.5 Å². The molecule has 1 N–H and O–H groups in total. The molecule has 4 nitrogen and oxygen atoms in total.